The first-order chi connectivity index (χ1) is 10.7. The molecule has 1 amide bonds. The van der Waals surface area contributed by atoms with Gasteiger partial charge in [-0.1, -0.05) is 31.2 Å². The standard InChI is InChI=1S/C18H20N2O2/c1-3-14-5-7-15(8-6-14)13-19-20-18(21)16-9-11-17(12-10-16)22-4-2/h5-13H,3-4H2,1-2H3,(H,20,21). The van der Waals surface area contributed by atoms with E-state index in [1.807, 2.05) is 19.1 Å². The SMILES string of the molecule is CCOc1ccc(C(=O)NN=Cc2ccc(CC)cc2)cc1. The van der Waals surface area contributed by atoms with E-state index in [1.54, 1.807) is 30.5 Å². The second-order valence-electron chi connectivity index (χ2n) is 4.75. The molecule has 0 radical (unpaired) electrons. The molecule has 114 valence electrons. The number of ether oxygens (including phenoxy) is 1. The fourth-order valence-corrected chi connectivity index (χ4v) is 1.94. The Labute approximate surface area is 130 Å². The number of hydrogen-bond acceptors (Lipinski definition) is 3. The summed E-state index contributed by atoms with van der Waals surface area (Å²) in [6.45, 7) is 4.63. The Hall–Kier alpha value is -2.62. The highest BCUT2D eigenvalue weighted by atomic mass is 16.5. The average molecular weight is 296 g/mol. The number of hydrogen-bond donors (Lipinski definition) is 1. The number of carbonyl (C=O) groups is 1. The van der Waals surface area contributed by atoms with Crippen molar-refractivity contribution in [3.8, 4) is 5.75 Å². The van der Waals surface area contributed by atoms with Crippen molar-refractivity contribution in [3.63, 3.8) is 0 Å². The molecule has 4 heteroatoms. The molecule has 0 spiro atoms. The molecule has 0 saturated carbocycles. The van der Waals surface area contributed by atoms with Gasteiger partial charge >= 0.3 is 0 Å². The molecule has 0 aliphatic rings. The number of benzene rings is 2. The minimum atomic E-state index is -0.246. The van der Waals surface area contributed by atoms with Crippen LogP contribution in [0.4, 0.5) is 0 Å². The second-order valence-corrected chi connectivity index (χ2v) is 4.75. The maximum atomic E-state index is 11.9. The van der Waals surface area contributed by atoms with Gasteiger partial charge in [0, 0.05) is 5.56 Å². The van der Waals surface area contributed by atoms with Crippen molar-refractivity contribution >= 4 is 12.1 Å². The Kier molecular flexibility index (Phi) is 5.72. The van der Waals surface area contributed by atoms with Crippen LogP contribution in [0.15, 0.2) is 53.6 Å². The number of nitrogens with zero attached hydrogens (tertiary/aromatic N) is 1. The number of rotatable bonds is 6. The van der Waals surface area contributed by atoms with Crippen LogP contribution in [0.1, 0.15) is 35.3 Å². The third-order valence-electron chi connectivity index (χ3n) is 3.20. The quantitative estimate of drug-likeness (QED) is 0.656. The molecule has 0 saturated heterocycles. The molecule has 0 unspecified atom stereocenters. The van der Waals surface area contributed by atoms with Crippen molar-refractivity contribution in [2.75, 3.05) is 6.61 Å². The zero-order valence-corrected chi connectivity index (χ0v) is 12.9. The van der Waals surface area contributed by atoms with Crippen molar-refractivity contribution in [1.82, 2.24) is 5.43 Å². The summed E-state index contributed by atoms with van der Waals surface area (Å²) in [6.07, 6.45) is 2.64. The Morgan fingerprint density at radius 1 is 1.09 bits per heavy atom. The molecule has 0 aliphatic carbocycles. The minimum absolute atomic E-state index is 0.246. The van der Waals surface area contributed by atoms with Crippen molar-refractivity contribution in [2.24, 2.45) is 5.10 Å². The molecule has 2 aromatic rings. The van der Waals surface area contributed by atoms with Crippen LogP contribution in [0.2, 0.25) is 0 Å². The van der Waals surface area contributed by atoms with E-state index < -0.39 is 0 Å². The van der Waals surface area contributed by atoms with Crippen LogP contribution in [0.5, 0.6) is 5.75 Å². The Morgan fingerprint density at radius 3 is 2.36 bits per heavy atom. The number of amides is 1. The molecular weight excluding hydrogens is 276 g/mol. The largest absolute Gasteiger partial charge is 0.494 e. The molecule has 0 atom stereocenters. The Bertz CT molecular complexity index is 631. The van der Waals surface area contributed by atoms with Gasteiger partial charge in [0.15, 0.2) is 0 Å². The zero-order chi connectivity index (χ0) is 15.8. The van der Waals surface area contributed by atoms with Crippen molar-refractivity contribution < 1.29 is 9.53 Å². The van der Waals surface area contributed by atoms with Gasteiger partial charge in [-0.15, -0.1) is 0 Å². The van der Waals surface area contributed by atoms with Crippen LogP contribution >= 0.6 is 0 Å². The molecule has 0 aromatic heterocycles. The molecule has 2 aromatic carbocycles. The normalized spacial score (nSPS) is 10.6. The van der Waals surface area contributed by atoms with E-state index in [-0.39, 0.29) is 5.91 Å². The molecule has 22 heavy (non-hydrogen) atoms. The van der Waals surface area contributed by atoms with E-state index >= 15 is 0 Å². The molecule has 2 rings (SSSR count). The van der Waals surface area contributed by atoms with Gasteiger partial charge in [0.25, 0.3) is 5.91 Å². The fraction of sp³-hybridized carbons (Fsp3) is 0.222. The summed E-state index contributed by atoms with van der Waals surface area (Å²) < 4.78 is 5.34. The average Bonchev–Trinajstić information content (AvgIpc) is 2.56. The molecule has 0 bridgehead atoms. The van der Waals surface area contributed by atoms with Gasteiger partial charge in [-0.05, 0) is 48.7 Å². The van der Waals surface area contributed by atoms with Crippen molar-refractivity contribution in [2.45, 2.75) is 20.3 Å². The van der Waals surface area contributed by atoms with E-state index in [2.05, 4.69) is 29.6 Å². The lowest BCUT2D eigenvalue weighted by molar-refractivity contribution is 0.0955. The lowest BCUT2D eigenvalue weighted by atomic mass is 10.1. The summed E-state index contributed by atoms with van der Waals surface area (Å²) in [4.78, 5) is 11.9. The minimum Gasteiger partial charge on any atom is -0.494 e. The van der Waals surface area contributed by atoms with E-state index in [9.17, 15) is 4.79 Å². The van der Waals surface area contributed by atoms with Crippen LogP contribution in [0.3, 0.4) is 0 Å². The maximum Gasteiger partial charge on any atom is 0.271 e. The van der Waals surface area contributed by atoms with E-state index in [0.29, 0.717) is 12.2 Å². The third-order valence-corrected chi connectivity index (χ3v) is 3.20. The predicted octanol–water partition coefficient (Wildman–Crippen LogP) is 3.41. The van der Waals surface area contributed by atoms with Gasteiger partial charge in [0.05, 0.1) is 12.8 Å². The molecule has 4 nitrogen and oxygen atoms in total. The van der Waals surface area contributed by atoms with E-state index in [1.165, 1.54) is 5.56 Å². The molecular formula is C18H20N2O2. The number of carbonyl (C=O) groups excluding carboxylic acids is 1. The van der Waals surface area contributed by atoms with Gasteiger partial charge in [0.2, 0.25) is 0 Å². The van der Waals surface area contributed by atoms with Gasteiger partial charge < -0.3 is 4.74 Å². The number of hydrazone groups is 1. The lowest BCUT2D eigenvalue weighted by Crippen LogP contribution is -2.17. The van der Waals surface area contributed by atoms with E-state index in [0.717, 1.165) is 17.7 Å². The summed E-state index contributed by atoms with van der Waals surface area (Å²) in [6, 6.07) is 15.0. The van der Waals surface area contributed by atoms with Crippen LogP contribution < -0.4 is 10.2 Å². The lowest BCUT2D eigenvalue weighted by Gasteiger charge is -2.04. The van der Waals surface area contributed by atoms with Crippen LogP contribution in [0.25, 0.3) is 0 Å². The summed E-state index contributed by atoms with van der Waals surface area (Å²) in [5.41, 5.74) is 5.28. The van der Waals surface area contributed by atoms with E-state index in [4.69, 9.17) is 4.74 Å². The molecule has 0 fully saturated rings. The fourth-order valence-electron chi connectivity index (χ4n) is 1.94. The topological polar surface area (TPSA) is 50.7 Å². The summed E-state index contributed by atoms with van der Waals surface area (Å²) >= 11 is 0. The summed E-state index contributed by atoms with van der Waals surface area (Å²) in [5.74, 6) is 0.503. The highest BCUT2D eigenvalue weighted by Gasteiger charge is 2.03. The first kappa shape index (κ1) is 15.8. The maximum absolute atomic E-state index is 11.9. The van der Waals surface area contributed by atoms with Crippen molar-refractivity contribution in [1.29, 1.82) is 0 Å². The van der Waals surface area contributed by atoms with Gasteiger partial charge in [0.1, 0.15) is 5.75 Å². The molecule has 0 aliphatic heterocycles. The van der Waals surface area contributed by atoms with Crippen LogP contribution in [0, 0.1) is 0 Å². The molecule has 1 N–H and O–H groups in total. The predicted molar refractivity (Wildman–Crippen MR) is 88.5 cm³/mol. The van der Waals surface area contributed by atoms with Gasteiger partial charge in [-0.25, -0.2) is 5.43 Å². The van der Waals surface area contributed by atoms with Crippen LogP contribution in [-0.2, 0) is 6.42 Å². The van der Waals surface area contributed by atoms with Crippen molar-refractivity contribution in [3.05, 3.63) is 65.2 Å². The third kappa shape index (κ3) is 4.45. The molecule has 0 heterocycles. The number of nitrogens with one attached hydrogen (secondary N) is 1. The first-order valence-electron chi connectivity index (χ1n) is 7.38. The highest BCUT2D eigenvalue weighted by Crippen LogP contribution is 2.11. The van der Waals surface area contributed by atoms with Gasteiger partial charge in [-0.3, -0.25) is 4.79 Å². The highest BCUT2D eigenvalue weighted by molar-refractivity contribution is 5.94. The Balaban J connectivity index is 1.92. The summed E-state index contributed by atoms with van der Waals surface area (Å²) in [7, 11) is 0. The monoisotopic (exact) mass is 296 g/mol. The smallest absolute Gasteiger partial charge is 0.271 e. The number of aryl methyl sites for hydroxylation is 1. The zero-order valence-electron chi connectivity index (χ0n) is 12.9. The second kappa shape index (κ2) is 7.98. The summed E-state index contributed by atoms with van der Waals surface area (Å²) in [5, 5.41) is 3.98. The van der Waals surface area contributed by atoms with Gasteiger partial charge in [-0.2, -0.15) is 5.10 Å². The van der Waals surface area contributed by atoms with Crippen LogP contribution in [-0.4, -0.2) is 18.7 Å². The Morgan fingerprint density at radius 2 is 1.77 bits per heavy atom. The first-order valence-corrected chi connectivity index (χ1v) is 7.38.